The summed E-state index contributed by atoms with van der Waals surface area (Å²) < 4.78 is 32.2. The van der Waals surface area contributed by atoms with Crippen LogP contribution in [0.4, 0.5) is 14.5 Å². The third-order valence-corrected chi connectivity index (χ3v) is 6.79. The van der Waals surface area contributed by atoms with Gasteiger partial charge in [0.05, 0.1) is 0 Å². The number of ether oxygens (including phenoxy) is 1. The number of rotatable bonds is 16. The number of nitrogens with zero attached hydrogens (tertiary/aromatic N) is 1. The molecule has 0 saturated heterocycles. The first-order valence-electron chi connectivity index (χ1n) is 13.7. The Balaban J connectivity index is 1.43. The summed E-state index contributed by atoms with van der Waals surface area (Å²) in [4.78, 5) is 26.6. The van der Waals surface area contributed by atoms with Gasteiger partial charge in [-0.05, 0) is 68.6 Å². The molecule has 0 aliphatic carbocycles. The number of hydrogen-bond donors (Lipinski definition) is 4. The normalized spacial score (nSPS) is 13.4. The smallest absolute Gasteiger partial charge is 0.262 e. The SMILES string of the molecule is CCCC[C@@H](C)N(CCNCCc1ccc(O)c2c1OCC(=O)N2)C(=O)CCNCCc1cc(F)cc(F)c1. The van der Waals surface area contributed by atoms with E-state index in [0.717, 1.165) is 30.9 Å². The van der Waals surface area contributed by atoms with Gasteiger partial charge in [-0.1, -0.05) is 25.8 Å². The summed E-state index contributed by atoms with van der Waals surface area (Å²) in [5.74, 6) is -0.933. The third-order valence-electron chi connectivity index (χ3n) is 6.79. The number of benzene rings is 2. The van der Waals surface area contributed by atoms with Crippen molar-refractivity contribution < 1.29 is 28.2 Å². The molecule has 8 nitrogen and oxygen atoms in total. The molecule has 39 heavy (non-hydrogen) atoms. The highest BCUT2D eigenvalue weighted by atomic mass is 19.1. The van der Waals surface area contributed by atoms with Gasteiger partial charge in [0.2, 0.25) is 5.91 Å². The molecule has 214 valence electrons. The van der Waals surface area contributed by atoms with Gasteiger partial charge in [-0.25, -0.2) is 8.78 Å². The molecular weight excluding hydrogens is 506 g/mol. The zero-order valence-electron chi connectivity index (χ0n) is 22.8. The number of nitrogens with one attached hydrogen (secondary N) is 3. The number of phenols is 1. The van der Waals surface area contributed by atoms with E-state index in [1.165, 1.54) is 12.1 Å². The van der Waals surface area contributed by atoms with Crippen molar-refractivity contribution in [3.63, 3.8) is 0 Å². The van der Waals surface area contributed by atoms with E-state index in [4.69, 9.17) is 4.74 Å². The fourth-order valence-electron chi connectivity index (χ4n) is 4.66. The van der Waals surface area contributed by atoms with Crippen LogP contribution < -0.4 is 20.7 Å². The molecule has 1 aliphatic rings. The second-order valence-electron chi connectivity index (χ2n) is 9.89. The van der Waals surface area contributed by atoms with Gasteiger partial charge in [-0.3, -0.25) is 9.59 Å². The maximum Gasteiger partial charge on any atom is 0.262 e. The van der Waals surface area contributed by atoms with E-state index in [1.54, 1.807) is 12.1 Å². The number of unbranched alkanes of at least 4 members (excludes halogenated alkanes) is 1. The van der Waals surface area contributed by atoms with E-state index in [2.05, 4.69) is 29.8 Å². The van der Waals surface area contributed by atoms with Crippen molar-refractivity contribution in [3.8, 4) is 11.5 Å². The largest absolute Gasteiger partial charge is 0.506 e. The lowest BCUT2D eigenvalue weighted by Gasteiger charge is -2.30. The van der Waals surface area contributed by atoms with Crippen molar-refractivity contribution in [2.45, 2.75) is 58.4 Å². The van der Waals surface area contributed by atoms with E-state index in [0.29, 0.717) is 69.0 Å². The molecule has 2 aromatic carbocycles. The van der Waals surface area contributed by atoms with Crippen LogP contribution in [0, 0.1) is 11.6 Å². The van der Waals surface area contributed by atoms with Crippen molar-refractivity contribution in [1.82, 2.24) is 15.5 Å². The van der Waals surface area contributed by atoms with Crippen molar-refractivity contribution in [2.24, 2.45) is 0 Å². The fraction of sp³-hybridized carbons (Fsp3) is 0.517. The zero-order chi connectivity index (χ0) is 28.2. The molecule has 4 N–H and O–H groups in total. The predicted octanol–water partition coefficient (Wildman–Crippen LogP) is 3.76. The van der Waals surface area contributed by atoms with Gasteiger partial charge in [0.25, 0.3) is 5.91 Å². The number of amides is 2. The lowest BCUT2D eigenvalue weighted by Crippen LogP contribution is -2.43. The Labute approximate surface area is 229 Å². The number of hydrogen-bond acceptors (Lipinski definition) is 6. The standard InChI is InChI=1S/C29H40F2N4O4/c1-3-4-5-20(2)35(27(38)10-13-32-11-8-21-16-23(30)18-24(31)17-21)15-14-33-12-9-22-6-7-25(36)28-29(22)39-19-26(37)34-28/h6-7,16-18,20,32-33,36H,3-5,8-15,19H2,1-2H3,(H,34,37)/t20-/m1/s1. The van der Waals surface area contributed by atoms with Gasteiger partial charge >= 0.3 is 0 Å². The zero-order valence-corrected chi connectivity index (χ0v) is 22.8. The number of fused-ring (bicyclic) bond motifs is 1. The molecule has 1 aliphatic heterocycles. The summed E-state index contributed by atoms with van der Waals surface area (Å²) in [6.07, 6.45) is 4.50. The lowest BCUT2D eigenvalue weighted by molar-refractivity contribution is -0.133. The van der Waals surface area contributed by atoms with Crippen LogP contribution in [0.3, 0.4) is 0 Å². The number of carbonyl (C=O) groups excluding carboxylic acids is 2. The molecule has 1 heterocycles. The Morgan fingerprint density at radius 1 is 1.10 bits per heavy atom. The molecule has 0 fully saturated rings. The number of halogens is 2. The Kier molecular flexibility index (Phi) is 11.9. The molecule has 1 atom stereocenters. The first-order valence-corrected chi connectivity index (χ1v) is 13.7. The van der Waals surface area contributed by atoms with Crippen LogP contribution in [-0.2, 0) is 22.4 Å². The molecule has 0 saturated carbocycles. The Morgan fingerprint density at radius 3 is 2.56 bits per heavy atom. The summed E-state index contributed by atoms with van der Waals surface area (Å²) in [6.45, 7) is 6.98. The number of phenolic OH excluding ortho intramolecular Hbond substituents is 1. The molecule has 0 bridgehead atoms. The van der Waals surface area contributed by atoms with Crippen molar-refractivity contribution >= 4 is 17.5 Å². The Hall–Kier alpha value is -3.24. The Morgan fingerprint density at radius 2 is 1.82 bits per heavy atom. The summed E-state index contributed by atoms with van der Waals surface area (Å²) in [6, 6.07) is 6.95. The quantitative estimate of drug-likeness (QED) is 0.189. The van der Waals surface area contributed by atoms with E-state index >= 15 is 0 Å². The average Bonchev–Trinajstić information content (AvgIpc) is 2.89. The van der Waals surface area contributed by atoms with Crippen LogP contribution in [0.25, 0.3) is 0 Å². The lowest BCUT2D eigenvalue weighted by atomic mass is 10.1. The van der Waals surface area contributed by atoms with Crippen LogP contribution in [0.15, 0.2) is 30.3 Å². The van der Waals surface area contributed by atoms with Gasteiger partial charge < -0.3 is 30.7 Å². The van der Waals surface area contributed by atoms with Crippen molar-refractivity contribution in [1.29, 1.82) is 0 Å². The minimum atomic E-state index is -0.588. The predicted molar refractivity (Wildman–Crippen MR) is 147 cm³/mol. The van der Waals surface area contributed by atoms with E-state index in [9.17, 15) is 23.5 Å². The van der Waals surface area contributed by atoms with Gasteiger partial charge in [0.15, 0.2) is 12.4 Å². The highest BCUT2D eigenvalue weighted by Crippen LogP contribution is 2.39. The molecule has 10 heteroatoms. The molecule has 0 spiro atoms. The maximum atomic E-state index is 13.3. The van der Waals surface area contributed by atoms with Gasteiger partial charge in [0.1, 0.15) is 23.1 Å². The van der Waals surface area contributed by atoms with Crippen molar-refractivity contribution in [3.05, 3.63) is 53.1 Å². The van der Waals surface area contributed by atoms with E-state index < -0.39 is 11.6 Å². The summed E-state index contributed by atoms with van der Waals surface area (Å²) in [5, 5.41) is 19.3. The highest BCUT2D eigenvalue weighted by Gasteiger charge is 2.22. The molecule has 3 rings (SSSR count). The van der Waals surface area contributed by atoms with Crippen LogP contribution >= 0.6 is 0 Å². The molecule has 2 amide bonds. The highest BCUT2D eigenvalue weighted by molar-refractivity contribution is 5.97. The van der Waals surface area contributed by atoms with Gasteiger partial charge in [-0.2, -0.15) is 0 Å². The minimum absolute atomic E-state index is 0.0256. The van der Waals surface area contributed by atoms with E-state index in [-0.39, 0.29) is 30.2 Å². The Bertz CT molecular complexity index is 1090. The number of anilines is 1. The van der Waals surface area contributed by atoms with Crippen LogP contribution in [0.5, 0.6) is 11.5 Å². The fourth-order valence-corrected chi connectivity index (χ4v) is 4.66. The van der Waals surface area contributed by atoms with Crippen LogP contribution in [0.2, 0.25) is 0 Å². The second-order valence-corrected chi connectivity index (χ2v) is 9.89. The van der Waals surface area contributed by atoms with E-state index in [1.807, 2.05) is 4.90 Å². The third kappa shape index (κ3) is 9.47. The molecule has 0 unspecified atom stereocenters. The van der Waals surface area contributed by atoms with Crippen LogP contribution in [0.1, 0.15) is 50.7 Å². The topological polar surface area (TPSA) is 103 Å². The molecule has 0 aromatic heterocycles. The van der Waals surface area contributed by atoms with Crippen molar-refractivity contribution in [2.75, 3.05) is 44.6 Å². The summed E-state index contributed by atoms with van der Waals surface area (Å²) >= 11 is 0. The first kappa shape index (κ1) is 30.3. The first-order chi connectivity index (χ1) is 18.8. The van der Waals surface area contributed by atoms with Gasteiger partial charge in [-0.15, -0.1) is 0 Å². The molecule has 2 aromatic rings. The minimum Gasteiger partial charge on any atom is -0.506 e. The van der Waals surface area contributed by atoms with Gasteiger partial charge in [0, 0.05) is 38.2 Å². The summed E-state index contributed by atoms with van der Waals surface area (Å²) in [5.41, 5.74) is 1.77. The monoisotopic (exact) mass is 546 g/mol. The summed E-state index contributed by atoms with van der Waals surface area (Å²) in [7, 11) is 0. The van der Waals surface area contributed by atoms with Crippen LogP contribution in [-0.4, -0.2) is 67.2 Å². The maximum absolute atomic E-state index is 13.3. The molecular formula is C29H40F2N4O4. The molecule has 0 radical (unpaired) electrons. The second kappa shape index (κ2) is 15.4. The average molecular weight is 547 g/mol. The number of aromatic hydroxyl groups is 1. The number of carbonyl (C=O) groups is 2.